The van der Waals surface area contributed by atoms with Gasteiger partial charge in [-0.25, -0.2) is 4.98 Å². The summed E-state index contributed by atoms with van der Waals surface area (Å²) in [7, 11) is 0. The van der Waals surface area contributed by atoms with Gasteiger partial charge in [0.15, 0.2) is 0 Å². The molecule has 0 saturated carbocycles. The van der Waals surface area contributed by atoms with Crippen molar-refractivity contribution in [2.45, 2.75) is 35.0 Å². The molecule has 1 fully saturated rings. The number of aryl methyl sites for hydroxylation is 1. The van der Waals surface area contributed by atoms with Crippen molar-refractivity contribution in [3.8, 4) is 6.07 Å². The molecular formula is C24H21N3OS. The largest absolute Gasteiger partial charge is 0.381 e. The third-order valence-electron chi connectivity index (χ3n) is 5.71. The van der Waals surface area contributed by atoms with E-state index in [2.05, 4.69) is 76.2 Å². The summed E-state index contributed by atoms with van der Waals surface area (Å²) in [5.41, 5.74) is 3.83. The van der Waals surface area contributed by atoms with Crippen LogP contribution in [0.2, 0.25) is 0 Å². The smallest absolute Gasteiger partial charge is 0.137 e. The van der Waals surface area contributed by atoms with Crippen molar-refractivity contribution >= 4 is 28.3 Å². The number of fused-ring (bicyclic) bond motifs is 3. The SMILES string of the molecule is Cc1cn2c(ccc3cc(Sc4cccc(C5(C#N)CCOCC5)c4)ccc32)n1. The summed E-state index contributed by atoms with van der Waals surface area (Å²) < 4.78 is 7.62. The van der Waals surface area contributed by atoms with Gasteiger partial charge in [-0.1, -0.05) is 23.9 Å². The third-order valence-corrected chi connectivity index (χ3v) is 6.69. The number of hydrogen-bond acceptors (Lipinski definition) is 4. The van der Waals surface area contributed by atoms with Crippen LogP contribution in [0, 0.1) is 18.3 Å². The summed E-state index contributed by atoms with van der Waals surface area (Å²) in [6.45, 7) is 3.32. The molecule has 1 aliphatic heterocycles. The van der Waals surface area contributed by atoms with Gasteiger partial charge in [-0.2, -0.15) is 5.26 Å². The van der Waals surface area contributed by atoms with Crippen molar-refractivity contribution in [2.24, 2.45) is 0 Å². The van der Waals surface area contributed by atoms with Gasteiger partial charge in [-0.15, -0.1) is 0 Å². The Labute approximate surface area is 174 Å². The van der Waals surface area contributed by atoms with Crippen LogP contribution in [0.15, 0.2) is 70.6 Å². The summed E-state index contributed by atoms with van der Waals surface area (Å²) in [4.78, 5) is 6.88. The van der Waals surface area contributed by atoms with E-state index in [4.69, 9.17) is 4.74 Å². The van der Waals surface area contributed by atoms with Gasteiger partial charge < -0.3 is 4.74 Å². The quantitative estimate of drug-likeness (QED) is 0.455. The van der Waals surface area contributed by atoms with Crippen LogP contribution < -0.4 is 0 Å². The fourth-order valence-corrected chi connectivity index (χ4v) is 5.05. The van der Waals surface area contributed by atoms with E-state index >= 15 is 0 Å². The fraction of sp³-hybridized carbons (Fsp3) is 0.250. The molecule has 5 heteroatoms. The Kier molecular flexibility index (Phi) is 4.54. The number of nitriles is 1. The molecule has 4 aromatic rings. The minimum atomic E-state index is -0.427. The molecule has 2 aromatic heterocycles. The van der Waals surface area contributed by atoms with Crippen molar-refractivity contribution in [1.82, 2.24) is 9.38 Å². The number of benzene rings is 2. The molecule has 1 aliphatic rings. The molecule has 1 saturated heterocycles. The lowest BCUT2D eigenvalue weighted by Gasteiger charge is -2.31. The van der Waals surface area contributed by atoms with E-state index in [9.17, 15) is 5.26 Å². The lowest BCUT2D eigenvalue weighted by atomic mass is 9.75. The lowest BCUT2D eigenvalue weighted by molar-refractivity contribution is 0.0675. The first kappa shape index (κ1) is 18.2. The monoisotopic (exact) mass is 399 g/mol. The summed E-state index contributed by atoms with van der Waals surface area (Å²) in [5, 5.41) is 11.1. The van der Waals surface area contributed by atoms with E-state index in [0.717, 1.165) is 40.2 Å². The predicted octanol–water partition coefficient (Wildman–Crippen LogP) is 5.52. The van der Waals surface area contributed by atoms with Gasteiger partial charge in [0, 0.05) is 29.2 Å². The first-order chi connectivity index (χ1) is 14.2. The summed E-state index contributed by atoms with van der Waals surface area (Å²) in [6.07, 6.45) is 3.59. The highest BCUT2D eigenvalue weighted by atomic mass is 32.2. The summed E-state index contributed by atoms with van der Waals surface area (Å²) >= 11 is 1.73. The number of pyridine rings is 1. The highest BCUT2D eigenvalue weighted by molar-refractivity contribution is 7.99. The summed E-state index contributed by atoms with van der Waals surface area (Å²) in [6, 6.07) is 21.7. The minimum Gasteiger partial charge on any atom is -0.381 e. The van der Waals surface area contributed by atoms with Crippen LogP contribution in [0.3, 0.4) is 0 Å². The topological polar surface area (TPSA) is 50.3 Å². The molecule has 0 bridgehead atoms. The molecule has 0 unspecified atom stereocenters. The van der Waals surface area contributed by atoms with Crippen LogP contribution in [0.25, 0.3) is 16.6 Å². The van der Waals surface area contributed by atoms with Crippen LogP contribution in [-0.2, 0) is 10.2 Å². The molecular weight excluding hydrogens is 378 g/mol. The van der Waals surface area contributed by atoms with E-state index < -0.39 is 5.41 Å². The molecule has 5 rings (SSSR count). The Bertz CT molecular complexity index is 1250. The molecule has 0 amide bonds. The van der Waals surface area contributed by atoms with Gasteiger partial charge in [0.05, 0.1) is 22.7 Å². The molecule has 144 valence electrons. The maximum absolute atomic E-state index is 9.86. The molecule has 0 aliphatic carbocycles. The number of hydrogen-bond donors (Lipinski definition) is 0. The number of nitrogens with zero attached hydrogens (tertiary/aromatic N) is 3. The van der Waals surface area contributed by atoms with Gasteiger partial charge in [-0.05, 0) is 73.2 Å². The first-order valence-electron chi connectivity index (χ1n) is 9.83. The molecule has 2 aromatic carbocycles. The molecule has 0 spiro atoms. The third kappa shape index (κ3) is 3.29. The van der Waals surface area contributed by atoms with Crippen molar-refractivity contribution in [3.05, 3.63) is 72.1 Å². The molecule has 0 N–H and O–H groups in total. The zero-order chi connectivity index (χ0) is 19.8. The van der Waals surface area contributed by atoms with Crippen LogP contribution in [0.5, 0.6) is 0 Å². The van der Waals surface area contributed by atoms with Gasteiger partial charge in [0.2, 0.25) is 0 Å². The normalized spacial score (nSPS) is 16.1. The highest BCUT2D eigenvalue weighted by Gasteiger charge is 2.34. The van der Waals surface area contributed by atoms with Gasteiger partial charge in [-0.3, -0.25) is 4.40 Å². The van der Waals surface area contributed by atoms with Crippen molar-refractivity contribution in [3.63, 3.8) is 0 Å². The van der Waals surface area contributed by atoms with Crippen LogP contribution >= 0.6 is 11.8 Å². The second-order valence-electron chi connectivity index (χ2n) is 7.60. The zero-order valence-electron chi connectivity index (χ0n) is 16.3. The molecule has 29 heavy (non-hydrogen) atoms. The summed E-state index contributed by atoms with van der Waals surface area (Å²) in [5.74, 6) is 0. The van der Waals surface area contributed by atoms with Gasteiger partial charge in [0.1, 0.15) is 5.65 Å². The molecule has 3 heterocycles. The molecule has 4 nitrogen and oxygen atoms in total. The fourth-order valence-electron chi connectivity index (χ4n) is 4.12. The van der Waals surface area contributed by atoms with Gasteiger partial charge >= 0.3 is 0 Å². The lowest BCUT2D eigenvalue weighted by Crippen LogP contribution is -2.32. The van der Waals surface area contributed by atoms with E-state index in [1.54, 1.807) is 11.8 Å². The number of imidazole rings is 1. The van der Waals surface area contributed by atoms with Crippen molar-refractivity contribution in [1.29, 1.82) is 5.26 Å². The second-order valence-corrected chi connectivity index (χ2v) is 8.75. The number of rotatable bonds is 3. The zero-order valence-corrected chi connectivity index (χ0v) is 17.1. The Balaban J connectivity index is 1.48. The van der Waals surface area contributed by atoms with E-state index in [0.29, 0.717) is 13.2 Å². The highest BCUT2D eigenvalue weighted by Crippen LogP contribution is 2.37. The average Bonchev–Trinajstić information content (AvgIpc) is 3.15. The van der Waals surface area contributed by atoms with Crippen LogP contribution in [0.4, 0.5) is 0 Å². The first-order valence-corrected chi connectivity index (χ1v) is 10.6. The van der Waals surface area contributed by atoms with Crippen molar-refractivity contribution in [2.75, 3.05) is 13.2 Å². The average molecular weight is 400 g/mol. The second kappa shape index (κ2) is 7.22. The maximum atomic E-state index is 9.86. The number of aromatic nitrogens is 2. The minimum absolute atomic E-state index is 0.427. The van der Waals surface area contributed by atoms with Crippen LogP contribution in [0.1, 0.15) is 24.1 Å². The predicted molar refractivity (Wildman–Crippen MR) is 115 cm³/mol. The number of ether oxygens (including phenoxy) is 1. The van der Waals surface area contributed by atoms with E-state index in [-0.39, 0.29) is 0 Å². The van der Waals surface area contributed by atoms with E-state index in [1.165, 1.54) is 10.3 Å². The van der Waals surface area contributed by atoms with Crippen LogP contribution in [-0.4, -0.2) is 22.6 Å². The van der Waals surface area contributed by atoms with Gasteiger partial charge in [0.25, 0.3) is 0 Å². The Hall–Kier alpha value is -2.81. The van der Waals surface area contributed by atoms with Crippen molar-refractivity contribution < 1.29 is 4.74 Å². The Morgan fingerprint density at radius 2 is 1.90 bits per heavy atom. The molecule has 0 radical (unpaired) electrons. The maximum Gasteiger partial charge on any atom is 0.137 e. The Morgan fingerprint density at radius 3 is 2.72 bits per heavy atom. The van der Waals surface area contributed by atoms with E-state index in [1.807, 2.05) is 6.92 Å². The molecule has 0 atom stereocenters. The Morgan fingerprint density at radius 1 is 1.07 bits per heavy atom. The standard InChI is InChI=1S/C24H21N3OS/c1-17-15-27-22-7-6-21(13-18(22)5-8-23(27)26-17)29-20-4-2-3-19(14-20)24(16-25)9-11-28-12-10-24/h2-8,13-15H,9-12H2,1H3.